The minimum atomic E-state index is -4.63. The van der Waals surface area contributed by atoms with E-state index in [1.54, 1.807) is 37.3 Å². The molecule has 0 aliphatic heterocycles. The zero-order chi connectivity index (χ0) is 23.8. The number of carbonyl (C=O) groups excluding carboxylic acids is 2. The first kappa shape index (κ1) is 22.0. The summed E-state index contributed by atoms with van der Waals surface area (Å²) in [7, 11) is 1.11. The van der Waals surface area contributed by atoms with Crippen molar-refractivity contribution in [2.45, 2.75) is 13.1 Å². The highest BCUT2D eigenvalue weighted by Crippen LogP contribution is 2.29. The smallest absolute Gasteiger partial charge is 0.433 e. The Morgan fingerprint density at radius 2 is 1.97 bits per heavy atom. The summed E-state index contributed by atoms with van der Waals surface area (Å²) >= 11 is 0. The van der Waals surface area contributed by atoms with Crippen LogP contribution in [0.25, 0.3) is 16.9 Å². The number of anilines is 1. The number of hydrogen-bond donors (Lipinski definition) is 1. The van der Waals surface area contributed by atoms with Gasteiger partial charge in [-0.05, 0) is 25.1 Å². The predicted molar refractivity (Wildman–Crippen MR) is 111 cm³/mol. The van der Waals surface area contributed by atoms with Crippen LogP contribution in [-0.4, -0.2) is 42.9 Å². The number of amides is 1. The van der Waals surface area contributed by atoms with Gasteiger partial charge in [0.15, 0.2) is 11.3 Å². The molecule has 0 aliphatic carbocycles. The summed E-state index contributed by atoms with van der Waals surface area (Å²) in [5.41, 5.74) is 0.635. The molecule has 0 aliphatic rings. The highest BCUT2D eigenvalue weighted by molar-refractivity contribution is 6.03. The summed E-state index contributed by atoms with van der Waals surface area (Å²) < 4.78 is 46.0. The van der Waals surface area contributed by atoms with Crippen molar-refractivity contribution in [3.8, 4) is 11.3 Å². The molecule has 1 N–H and O–H groups in total. The van der Waals surface area contributed by atoms with Crippen LogP contribution in [0.1, 0.15) is 33.5 Å². The van der Waals surface area contributed by atoms with Crippen LogP contribution >= 0.6 is 0 Å². The molecule has 0 unspecified atom stereocenters. The van der Waals surface area contributed by atoms with Gasteiger partial charge < -0.3 is 10.1 Å². The van der Waals surface area contributed by atoms with E-state index in [0.717, 1.165) is 7.05 Å². The van der Waals surface area contributed by atoms with Gasteiger partial charge in [0.05, 0.1) is 18.5 Å². The number of nitrogens with zero attached hydrogens (tertiary/aromatic N) is 5. The van der Waals surface area contributed by atoms with Crippen molar-refractivity contribution in [2.24, 2.45) is 7.05 Å². The molecule has 0 atom stereocenters. The predicted octanol–water partition coefficient (Wildman–Crippen LogP) is 3.58. The van der Waals surface area contributed by atoms with Crippen LogP contribution in [0.15, 0.2) is 48.8 Å². The van der Waals surface area contributed by atoms with E-state index in [0.29, 0.717) is 33.3 Å². The Kier molecular flexibility index (Phi) is 5.58. The van der Waals surface area contributed by atoms with Crippen molar-refractivity contribution in [1.29, 1.82) is 0 Å². The number of carbonyl (C=O) groups is 2. The van der Waals surface area contributed by atoms with Crippen molar-refractivity contribution >= 4 is 23.2 Å². The second-order valence-electron chi connectivity index (χ2n) is 6.92. The summed E-state index contributed by atoms with van der Waals surface area (Å²) in [5, 5.41) is 10.4. The summed E-state index contributed by atoms with van der Waals surface area (Å²) in [5.74, 6) is -1.34. The van der Waals surface area contributed by atoms with Gasteiger partial charge in [-0.1, -0.05) is 12.1 Å². The Labute approximate surface area is 184 Å². The molecular weight excluding hydrogens is 441 g/mol. The van der Waals surface area contributed by atoms with Crippen molar-refractivity contribution < 1.29 is 27.5 Å². The second-order valence-corrected chi connectivity index (χ2v) is 6.92. The van der Waals surface area contributed by atoms with Crippen LogP contribution in [-0.2, 0) is 18.0 Å². The molecule has 4 rings (SSSR count). The van der Waals surface area contributed by atoms with E-state index in [2.05, 4.69) is 20.5 Å². The maximum atomic E-state index is 13.0. The molecule has 170 valence electrons. The van der Waals surface area contributed by atoms with Gasteiger partial charge >= 0.3 is 12.1 Å². The van der Waals surface area contributed by atoms with E-state index >= 15 is 0 Å². The Morgan fingerprint density at radius 3 is 2.67 bits per heavy atom. The number of aromatic nitrogens is 5. The molecule has 0 bridgehead atoms. The first-order valence-corrected chi connectivity index (χ1v) is 9.72. The highest BCUT2D eigenvalue weighted by Gasteiger charge is 2.35. The molecule has 0 radical (unpaired) electrons. The SMILES string of the molecule is CCOC(=O)c1cnn2c(-c3cccc(NC(=O)c4cc(C(F)(F)F)n(C)n4)c3)ccnc12. The quantitative estimate of drug-likeness (QED) is 0.459. The van der Waals surface area contributed by atoms with Crippen LogP contribution < -0.4 is 5.32 Å². The molecule has 12 heteroatoms. The van der Waals surface area contributed by atoms with Crippen LogP contribution in [0, 0.1) is 0 Å². The van der Waals surface area contributed by atoms with E-state index in [1.807, 2.05) is 0 Å². The van der Waals surface area contributed by atoms with Crippen molar-refractivity contribution in [1.82, 2.24) is 24.4 Å². The molecule has 0 saturated heterocycles. The molecule has 9 nitrogen and oxygen atoms in total. The average Bonchev–Trinajstić information content (AvgIpc) is 3.37. The summed E-state index contributed by atoms with van der Waals surface area (Å²) in [6.45, 7) is 1.90. The molecule has 3 aromatic heterocycles. The molecule has 4 aromatic rings. The molecule has 0 fully saturated rings. The van der Waals surface area contributed by atoms with Crippen LogP contribution in [0.3, 0.4) is 0 Å². The lowest BCUT2D eigenvalue weighted by molar-refractivity contribution is -0.143. The first-order chi connectivity index (χ1) is 15.7. The van der Waals surface area contributed by atoms with Gasteiger partial charge in [0, 0.05) is 30.6 Å². The largest absolute Gasteiger partial charge is 0.462 e. The minimum absolute atomic E-state index is 0.207. The zero-order valence-corrected chi connectivity index (χ0v) is 17.4. The Balaban J connectivity index is 1.63. The van der Waals surface area contributed by atoms with Crippen LogP contribution in [0.2, 0.25) is 0 Å². The lowest BCUT2D eigenvalue weighted by Crippen LogP contribution is -2.13. The molecule has 0 saturated carbocycles. The van der Waals surface area contributed by atoms with E-state index in [-0.39, 0.29) is 17.9 Å². The van der Waals surface area contributed by atoms with Crippen LogP contribution in [0.4, 0.5) is 18.9 Å². The fraction of sp³-hybridized carbons (Fsp3) is 0.190. The number of fused-ring (bicyclic) bond motifs is 1. The molecule has 1 aromatic carbocycles. The molecule has 0 spiro atoms. The second kappa shape index (κ2) is 8.37. The van der Waals surface area contributed by atoms with E-state index in [1.165, 1.54) is 16.9 Å². The highest BCUT2D eigenvalue weighted by atomic mass is 19.4. The normalized spacial score (nSPS) is 11.5. The number of hydrogen-bond acceptors (Lipinski definition) is 6. The van der Waals surface area contributed by atoms with E-state index in [9.17, 15) is 22.8 Å². The van der Waals surface area contributed by atoms with Gasteiger partial charge in [-0.15, -0.1) is 0 Å². The summed E-state index contributed by atoms with van der Waals surface area (Å²) in [4.78, 5) is 28.8. The molecule has 3 heterocycles. The van der Waals surface area contributed by atoms with Gasteiger partial charge in [0.2, 0.25) is 0 Å². The van der Waals surface area contributed by atoms with Gasteiger partial charge in [-0.2, -0.15) is 23.4 Å². The monoisotopic (exact) mass is 458 g/mol. The molecule has 1 amide bonds. The van der Waals surface area contributed by atoms with Gasteiger partial charge in [-0.25, -0.2) is 14.3 Å². The maximum Gasteiger partial charge on any atom is 0.433 e. The molecule has 33 heavy (non-hydrogen) atoms. The fourth-order valence-electron chi connectivity index (χ4n) is 3.26. The number of rotatable bonds is 5. The lowest BCUT2D eigenvalue weighted by atomic mass is 10.1. The van der Waals surface area contributed by atoms with E-state index < -0.39 is 23.7 Å². The fourth-order valence-corrected chi connectivity index (χ4v) is 3.26. The summed E-state index contributed by atoms with van der Waals surface area (Å²) in [6, 6.07) is 8.97. The van der Waals surface area contributed by atoms with Crippen LogP contribution in [0.5, 0.6) is 0 Å². The number of ether oxygens (including phenoxy) is 1. The first-order valence-electron chi connectivity index (χ1n) is 9.72. The number of halogens is 3. The Hall–Kier alpha value is -4.22. The van der Waals surface area contributed by atoms with Crippen molar-refractivity contribution in [3.63, 3.8) is 0 Å². The lowest BCUT2D eigenvalue weighted by Gasteiger charge is -2.08. The van der Waals surface area contributed by atoms with E-state index in [4.69, 9.17) is 4.74 Å². The average molecular weight is 458 g/mol. The van der Waals surface area contributed by atoms with Gasteiger partial charge in [0.1, 0.15) is 11.3 Å². The number of esters is 1. The number of aryl methyl sites for hydroxylation is 1. The third-order valence-electron chi connectivity index (χ3n) is 4.72. The standard InChI is InChI=1S/C21H17F3N6O3/c1-3-33-20(32)14-11-26-30-16(7-8-25-18(14)30)12-5-4-6-13(9-12)27-19(31)15-10-17(21(22,23)24)29(2)28-15/h4-11H,3H2,1-2H3,(H,27,31). The van der Waals surface area contributed by atoms with Crippen molar-refractivity contribution in [3.05, 3.63) is 65.7 Å². The topological polar surface area (TPSA) is 103 Å². The van der Waals surface area contributed by atoms with Gasteiger partial charge in [-0.3, -0.25) is 9.48 Å². The maximum absolute atomic E-state index is 13.0. The Bertz CT molecular complexity index is 1360. The minimum Gasteiger partial charge on any atom is -0.462 e. The van der Waals surface area contributed by atoms with Crippen molar-refractivity contribution in [2.75, 3.05) is 11.9 Å². The third kappa shape index (κ3) is 4.27. The summed E-state index contributed by atoms with van der Waals surface area (Å²) in [6.07, 6.45) is -1.76. The Morgan fingerprint density at radius 1 is 1.18 bits per heavy atom. The number of alkyl halides is 3. The third-order valence-corrected chi connectivity index (χ3v) is 4.72. The zero-order valence-electron chi connectivity index (χ0n) is 17.4. The molecular formula is C21H17F3N6O3. The van der Waals surface area contributed by atoms with Gasteiger partial charge in [0.25, 0.3) is 5.91 Å². The number of benzene rings is 1. The number of nitrogens with one attached hydrogen (secondary N) is 1.